The molecule has 0 aliphatic heterocycles. The van der Waals surface area contributed by atoms with Crippen LogP contribution in [0, 0.1) is 0 Å². The molecule has 41 heavy (non-hydrogen) atoms. The maximum atomic E-state index is 2.55. The van der Waals surface area contributed by atoms with Crippen molar-refractivity contribution in [3.8, 4) is 22.4 Å². The summed E-state index contributed by atoms with van der Waals surface area (Å²) in [6, 6.07) is 55.4. The van der Waals surface area contributed by atoms with Crippen molar-refractivity contribution in [3.63, 3.8) is 0 Å². The Hall–Kier alpha value is -5.40. The summed E-state index contributed by atoms with van der Waals surface area (Å²) in [7, 11) is 0. The molecule has 7 aromatic carbocycles. The number of hydrogen-bond donors (Lipinski definition) is 0. The first-order valence-electron chi connectivity index (χ1n) is 14.2. The summed E-state index contributed by atoms with van der Waals surface area (Å²) in [4.78, 5) is 0. The van der Waals surface area contributed by atoms with Gasteiger partial charge < -0.3 is 4.40 Å². The van der Waals surface area contributed by atoms with Crippen molar-refractivity contribution in [2.75, 3.05) is 0 Å². The summed E-state index contributed by atoms with van der Waals surface area (Å²) < 4.78 is 2.55. The van der Waals surface area contributed by atoms with Crippen molar-refractivity contribution in [1.82, 2.24) is 4.40 Å². The van der Waals surface area contributed by atoms with Crippen LogP contribution in [0.15, 0.2) is 152 Å². The quantitative estimate of drug-likeness (QED) is 0.200. The van der Waals surface area contributed by atoms with Crippen LogP contribution in [0.1, 0.15) is 0 Å². The van der Waals surface area contributed by atoms with Gasteiger partial charge in [0.1, 0.15) is 0 Å². The molecule has 1 heteroatoms. The average molecular weight is 520 g/mol. The molecule has 0 unspecified atom stereocenters. The van der Waals surface area contributed by atoms with E-state index in [2.05, 4.69) is 156 Å². The summed E-state index contributed by atoms with van der Waals surface area (Å²) in [6.07, 6.45) is 0. The zero-order valence-electron chi connectivity index (χ0n) is 22.4. The van der Waals surface area contributed by atoms with Crippen molar-refractivity contribution in [2.24, 2.45) is 0 Å². The maximum Gasteiger partial charge on any atom is 0.0626 e. The van der Waals surface area contributed by atoms with E-state index in [0.717, 1.165) is 0 Å². The van der Waals surface area contributed by atoms with E-state index in [1.54, 1.807) is 0 Å². The lowest BCUT2D eigenvalue weighted by molar-refractivity contribution is 1.30. The molecule has 2 heterocycles. The lowest BCUT2D eigenvalue weighted by Gasteiger charge is -2.19. The Morgan fingerprint density at radius 1 is 0.341 bits per heavy atom. The fourth-order valence-corrected chi connectivity index (χ4v) is 7.01. The van der Waals surface area contributed by atoms with Crippen LogP contribution in [0.3, 0.4) is 0 Å². The Kier molecular flexibility index (Phi) is 4.67. The fraction of sp³-hybridized carbons (Fsp3) is 0. The van der Waals surface area contributed by atoms with E-state index in [1.807, 2.05) is 0 Å². The minimum absolute atomic E-state index is 1.21. The molecule has 9 rings (SSSR count). The molecule has 0 radical (unpaired) electrons. The highest BCUT2D eigenvalue weighted by Gasteiger charge is 2.22. The topological polar surface area (TPSA) is 4.41 Å². The van der Waals surface area contributed by atoms with Gasteiger partial charge >= 0.3 is 0 Å². The van der Waals surface area contributed by atoms with Crippen molar-refractivity contribution in [2.45, 2.75) is 0 Å². The minimum atomic E-state index is 1.21. The minimum Gasteiger partial charge on any atom is -0.307 e. The van der Waals surface area contributed by atoms with E-state index in [4.69, 9.17) is 0 Å². The third kappa shape index (κ3) is 3.12. The first-order chi connectivity index (χ1) is 20.4. The van der Waals surface area contributed by atoms with E-state index in [0.29, 0.717) is 0 Å². The number of hydrogen-bond acceptors (Lipinski definition) is 0. The SMILES string of the molecule is c1ccc(-c2cc(-c3ccccc3)n3c2c2ccc4ccccc4c2c2c4ccccc4c4ccccc4c23)cc1. The van der Waals surface area contributed by atoms with Crippen LogP contribution in [-0.2, 0) is 0 Å². The maximum absolute atomic E-state index is 2.55. The smallest absolute Gasteiger partial charge is 0.0626 e. The molecule has 0 saturated carbocycles. The number of fused-ring (bicyclic) bond motifs is 13. The Morgan fingerprint density at radius 3 is 1.63 bits per heavy atom. The summed E-state index contributed by atoms with van der Waals surface area (Å²) >= 11 is 0. The van der Waals surface area contributed by atoms with Crippen molar-refractivity contribution < 1.29 is 0 Å². The predicted molar refractivity (Wildman–Crippen MR) is 176 cm³/mol. The average Bonchev–Trinajstić information content (AvgIpc) is 3.46. The van der Waals surface area contributed by atoms with Crippen molar-refractivity contribution in [3.05, 3.63) is 152 Å². The molecule has 2 aromatic heterocycles. The molecule has 0 fully saturated rings. The number of rotatable bonds is 2. The van der Waals surface area contributed by atoms with E-state index in [-0.39, 0.29) is 0 Å². The second-order valence-electron chi connectivity index (χ2n) is 10.9. The second kappa shape index (κ2) is 8.55. The number of nitrogens with zero attached hydrogens (tertiary/aromatic N) is 1. The second-order valence-corrected chi connectivity index (χ2v) is 10.9. The van der Waals surface area contributed by atoms with Gasteiger partial charge in [-0.05, 0) is 44.1 Å². The van der Waals surface area contributed by atoms with Gasteiger partial charge in [-0.25, -0.2) is 0 Å². The van der Waals surface area contributed by atoms with Crippen LogP contribution < -0.4 is 0 Å². The Balaban J connectivity index is 1.70. The van der Waals surface area contributed by atoms with Crippen LogP contribution in [-0.4, -0.2) is 4.40 Å². The third-order valence-electron chi connectivity index (χ3n) is 8.72. The first kappa shape index (κ1) is 22.4. The Bertz CT molecular complexity index is 2450. The van der Waals surface area contributed by atoms with E-state index in [9.17, 15) is 0 Å². The lowest BCUT2D eigenvalue weighted by atomic mass is 9.90. The Morgan fingerprint density at radius 2 is 0.902 bits per heavy atom. The summed E-state index contributed by atoms with van der Waals surface area (Å²) in [5.74, 6) is 0. The van der Waals surface area contributed by atoms with E-state index < -0.39 is 0 Å². The van der Waals surface area contributed by atoms with Crippen LogP contribution in [0.25, 0.3) is 81.9 Å². The van der Waals surface area contributed by atoms with Crippen LogP contribution in [0.4, 0.5) is 0 Å². The lowest BCUT2D eigenvalue weighted by Crippen LogP contribution is -1.97. The van der Waals surface area contributed by atoms with E-state index >= 15 is 0 Å². The number of pyridine rings is 1. The standard InChI is InChI=1S/C40H25N/c1-3-13-26(14-4-1)35-25-36(28-16-5-2-6-17-28)41-39(35)34-24-23-27-15-7-8-18-29(27)37(34)38-32-21-11-9-19-30(32)31-20-10-12-22-33(31)40(38)41/h1-25H. The van der Waals surface area contributed by atoms with Gasteiger partial charge in [0.05, 0.1) is 16.7 Å². The largest absolute Gasteiger partial charge is 0.307 e. The normalized spacial score (nSPS) is 11.9. The molecule has 0 spiro atoms. The van der Waals surface area contributed by atoms with Crippen LogP contribution >= 0.6 is 0 Å². The van der Waals surface area contributed by atoms with Crippen molar-refractivity contribution >= 4 is 59.5 Å². The van der Waals surface area contributed by atoms with Gasteiger partial charge in [-0.2, -0.15) is 0 Å². The van der Waals surface area contributed by atoms with Crippen molar-refractivity contribution in [1.29, 1.82) is 0 Å². The molecule has 0 amide bonds. The molecule has 1 nitrogen and oxygen atoms in total. The first-order valence-corrected chi connectivity index (χ1v) is 14.2. The van der Waals surface area contributed by atoms with E-state index in [1.165, 1.54) is 81.9 Å². The van der Waals surface area contributed by atoms with Crippen LogP contribution in [0.2, 0.25) is 0 Å². The van der Waals surface area contributed by atoms with Gasteiger partial charge in [0.15, 0.2) is 0 Å². The molecule has 0 saturated heterocycles. The Labute approximate surface area is 237 Å². The molecule has 9 aromatic rings. The van der Waals surface area contributed by atoms with Gasteiger partial charge in [-0.3, -0.25) is 0 Å². The molecule has 190 valence electrons. The molecular formula is C40H25N. The summed E-state index contributed by atoms with van der Waals surface area (Å²) in [5.41, 5.74) is 7.42. The monoisotopic (exact) mass is 519 g/mol. The highest BCUT2D eigenvalue weighted by Crippen LogP contribution is 2.47. The molecule has 0 N–H and O–H groups in total. The predicted octanol–water partition coefficient (Wildman–Crippen LogP) is 11.0. The van der Waals surface area contributed by atoms with Crippen LogP contribution in [0.5, 0.6) is 0 Å². The molecule has 0 aliphatic rings. The zero-order valence-corrected chi connectivity index (χ0v) is 22.4. The zero-order chi connectivity index (χ0) is 26.9. The summed E-state index contributed by atoms with van der Waals surface area (Å²) in [5, 5.41) is 11.6. The molecular weight excluding hydrogens is 494 g/mol. The molecule has 0 bridgehead atoms. The molecule has 0 aliphatic carbocycles. The van der Waals surface area contributed by atoms with Gasteiger partial charge in [0, 0.05) is 27.1 Å². The highest BCUT2D eigenvalue weighted by molar-refractivity contribution is 6.37. The van der Waals surface area contributed by atoms with Gasteiger partial charge in [0.25, 0.3) is 0 Å². The third-order valence-corrected chi connectivity index (χ3v) is 8.72. The summed E-state index contributed by atoms with van der Waals surface area (Å²) in [6.45, 7) is 0. The van der Waals surface area contributed by atoms with Gasteiger partial charge in [0.2, 0.25) is 0 Å². The van der Waals surface area contributed by atoms with Gasteiger partial charge in [-0.1, -0.05) is 146 Å². The highest BCUT2D eigenvalue weighted by atomic mass is 14.9. The number of benzene rings is 7. The van der Waals surface area contributed by atoms with Gasteiger partial charge in [-0.15, -0.1) is 0 Å². The number of aromatic nitrogens is 1. The molecule has 0 atom stereocenters. The fourth-order valence-electron chi connectivity index (χ4n) is 7.01.